The molecule has 1 nitrogen and oxygen atoms in total. The van der Waals surface area contributed by atoms with Crippen molar-refractivity contribution in [2.24, 2.45) is 0 Å². The maximum Gasteiger partial charge on any atom is 0.235 e. The Kier molecular flexibility index (Phi) is 6.03. The molecule has 0 unspecified atom stereocenters. The van der Waals surface area contributed by atoms with E-state index in [1.807, 2.05) is 18.2 Å². The molecular formula is C15H18O. The third kappa shape index (κ3) is 4.79. The van der Waals surface area contributed by atoms with Gasteiger partial charge in [-0.2, -0.15) is 0 Å². The number of hydrogen-bond donors (Lipinski definition) is 0. The molecular weight excluding hydrogens is 196 g/mol. The second-order valence-corrected chi connectivity index (χ2v) is 3.81. The smallest absolute Gasteiger partial charge is 0.235 e. The number of carbonyl (C=O) groups excluding carboxylic acids is 1. The Bertz CT molecular complexity index is 367. The predicted molar refractivity (Wildman–Crippen MR) is 67.3 cm³/mol. The van der Waals surface area contributed by atoms with E-state index in [0.717, 1.165) is 12.8 Å². The van der Waals surface area contributed by atoms with Gasteiger partial charge in [-0.25, -0.2) is 0 Å². The van der Waals surface area contributed by atoms with Crippen LogP contribution in [0.3, 0.4) is 0 Å². The summed E-state index contributed by atoms with van der Waals surface area (Å²) in [6.07, 6.45) is 5.64. The normalized spacial score (nSPS) is 9.31. The van der Waals surface area contributed by atoms with Crippen molar-refractivity contribution in [1.82, 2.24) is 0 Å². The summed E-state index contributed by atoms with van der Waals surface area (Å²) >= 11 is 0. The van der Waals surface area contributed by atoms with Crippen molar-refractivity contribution in [2.45, 2.75) is 39.0 Å². The van der Waals surface area contributed by atoms with Crippen LogP contribution in [0.5, 0.6) is 0 Å². The van der Waals surface area contributed by atoms with Crippen LogP contribution in [0.4, 0.5) is 0 Å². The van der Waals surface area contributed by atoms with Crippen molar-refractivity contribution in [2.75, 3.05) is 0 Å². The van der Waals surface area contributed by atoms with Gasteiger partial charge in [0.1, 0.15) is 0 Å². The van der Waals surface area contributed by atoms with Gasteiger partial charge in [-0.1, -0.05) is 62.4 Å². The molecule has 0 saturated heterocycles. The zero-order valence-electron chi connectivity index (χ0n) is 9.83. The lowest BCUT2D eigenvalue weighted by atomic mass is 10.1. The number of benzene rings is 1. The largest absolute Gasteiger partial charge is 0.279 e. The van der Waals surface area contributed by atoms with Gasteiger partial charge in [0.2, 0.25) is 5.78 Å². The second-order valence-electron chi connectivity index (χ2n) is 3.81. The zero-order valence-corrected chi connectivity index (χ0v) is 9.83. The highest BCUT2D eigenvalue weighted by molar-refractivity contribution is 6.08. The van der Waals surface area contributed by atoms with Crippen LogP contribution in [0.25, 0.3) is 0 Å². The molecule has 0 saturated carbocycles. The molecule has 0 fully saturated rings. The Labute approximate surface area is 97.9 Å². The lowest BCUT2D eigenvalue weighted by molar-refractivity contribution is 0.105. The molecule has 84 valence electrons. The van der Waals surface area contributed by atoms with Crippen LogP contribution >= 0.6 is 0 Å². The van der Waals surface area contributed by atoms with Gasteiger partial charge in [0.15, 0.2) is 0 Å². The van der Waals surface area contributed by atoms with Gasteiger partial charge in [0, 0.05) is 12.0 Å². The summed E-state index contributed by atoms with van der Waals surface area (Å²) in [5, 5.41) is 0. The van der Waals surface area contributed by atoms with Crippen molar-refractivity contribution < 1.29 is 4.79 Å². The molecule has 0 radical (unpaired) electrons. The molecule has 0 heterocycles. The van der Waals surface area contributed by atoms with E-state index in [-0.39, 0.29) is 5.78 Å². The van der Waals surface area contributed by atoms with E-state index in [0.29, 0.717) is 5.56 Å². The summed E-state index contributed by atoms with van der Waals surface area (Å²) in [5.41, 5.74) is 0.684. The molecule has 0 atom stereocenters. The molecule has 0 bridgehead atoms. The van der Waals surface area contributed by atoms with Gasteiger partial charge in [-0.15, -0.1) is 0 Å². The Hall–Kier alpha value is -1.55. The number of hydrogen-bond acceptors (Lipinski definition) is 1. The minimum Gasteiger partial charge on any atom is -0.279 e. The van der Waals surface area contributed by atoms with Crippen LogP contribution in [0.15, 0.2) is 30.3 Å². The quantitative estimate of drug-likeness (QED) is 0.315. The van der Waals surface area contributed by atoms with Crippen LogP contribution in [0.1, 0.15) is 49.4 Å². The maximum absolute atomic E-state index is 11.6. The highest BCUT2D eigenvalue weighted by Gasteiger charge is 1.98. The monoisotopic (exact) mass is 214 g/mol. The average Bonchev–Trinajstić information content (AvgIpc) is 2.34. The third-order valence-corrected chi connectivity index (χ3v) is 2.39. The van der Waals surface area contributed by atoms with E-state index in [2.05, 4.69) is 18.8 Å². The molecule has 16 heavy (non-hydrogen) atoms. The second kappa shape index (κ2) is 7.70. The van der Waals surface area contributed by atoms with Crippen molar-refractivity contribution >= 4 is 5.78 Å². The Balaban J connectivity index is 2.32. The highest BCUT2D eigenvalue weighted by atomic mass is 16.1. The first-order valence-corrected chi connectivity index (χ1v) is 5.93. The fraction of sp³-hybridized carbons (Fsp3) is 0.400. The van der Waals surface area contributed by atoms with Crippen LogP contribution in [-0.4, -0.2) is 5.78 Å². The minimum absolute atomic E-state index is 0.0731. The van der Waals surface area contributed by atoms with Gasteiger partial charge in [0.25, 0.3) is 0 Å². The van der Waals surface area contributed by atoms with Gasteiger partial charge in [-0.3, -0.25) is 4.79 Å². The molecule has 0 aliphatic carbocycles. The van der Waals surface area contributed by atoms with Crippen molar-refractivity contribution in [1.29, 1.82) is 0 Å². The van der Waals surface area contributed by atoms with Gasteiger partial charge in [-0.05, 0) is 12.3 Å². The lowest BCUT2D eigenvalue weighted by Crippen LogP contribution is -1.93. The molecule has 1 aromatic rings. The molecule has 0 aromatic heterocycles. The molecule has 0 amide bonds. The van der Waals surface area contributed by atoms with Crippen molar-refractivity contribution in [3.63, 3.8) is 0 Å². The first kappa shape index (κ1) is 12.5. The number of unbranched alkanes of at least 4 members (excludes halogenated alkanes) is 4. The van der Waals surface area contributed by atoms with E-state index in [1.165, 1.54) is 19.3 Å². The fourth-order valence-electron chi connectivity index (χ4n) is 1.44. The summed E-state index contributed by atoms with van der Waals surface area (Å²) in [6.45, 7) is 2.19. The van der Waals surface area contributed by atoms with Crippen LogP contribution < -0.4 is 0 Å². The van der Waals surface area contributed by atoms with Gasteiger partial charge < -0.3 is 0 Å². The topological polar surface area (TPSA) is 17.1 Å². The van der Waals surface area contributed by atoms with Crippen LogP contribution in [-0.2, 0) is 0 Å². The Morgan fingerprint density at radius 3 is 2.56 bits per heavy atom. The Morgan fingerprint density at radius 2 is 1.88 bits per heavy atom. The molecule has 0 spiro atoms. The minimum atomic E-state index is -0.0731. The fourth-order valence-corrected chi connectivity index (χ4v) is 1.44. The number of ketones is 1. The molecule has 0 aliphatic heterocycles. The number of Topliss-reactive ketones (excluding diaryl/α,β-unsaturated/α-hetero) is 1. The van der Waals surface area contributed by atoms with E-state index in [4.69, 9.17) is 0 Å². The zero-order chi connectivity index (χ0) is 11.6. The first-order valence-electron chi connectivity index (χ1n) is 5.93. The average molecular weight is 214 g/mol. The molecule has 1 aromatic carbocycles. The summed E-state index contributed by atoms with van der Waals surface area (Å²) in [7, 11) is 0. The van der Waals surface area contributed by atoms with Crippen LogP contribution in [0, 0.1) is 11.8 Å². The van der Waals surface area contributed by atoms with Crippen molar-refractivity contribution in [3.05, 3.63) is 35.9 Å². The van der Waals surface area contributed by atoms with E-state index >= 15 is 0 Å². The molecule has 1 heteroatoms. The van der Waals surface area contributed by atoms with Gasteiger partial charge >= 0.3 is 0 Å². The van der Waals surface area contributed by atoms with Crippen molar-refractivity contribution in [3.8, 4) is 11.8 Å². The van der Waals surface area contributed by atoms with Gasteiger partial charge in [0.05, 0.1) is 0 Å². The summed E-state index contributed by atoms with van der Waals surface area (Å²) in [5.74, 6) is 5.56. The molecule has 1 rings (SSSR count). The van der Waals surface area contributed by atoms with E-state index in [9.17, 15) is 4.79 Å². The molecule has 0 aliphatic rings. The standard InChI is InChI=1S/C15H18O/c1-2-3-4-5-6-10-13-15(16)14-11-8-7-9-12-14/h7-9,11-12H,2-6H2,1H3. The summed E-state index contributed by atoms with van der Waals surface area (Å²) < 4.78 is 0. The van der Waals surface area contributed by atoms with E-state index < -0.39 is 0 Å². The number of rotatable bonds is 5. The Morgan fingerprint density at radius 1 is 1.12 bits per heavy atom. The number of carbonyl (C=O) groups is 1. The predicted octanol–water partition coefficient (Wildman–Crippen LogP) is 3.84. The third-order valence-electron chi connectivity index (χ3n) is 2.39. The van der Waals surface area contributed by atoms with Crippen LogP contribution in [0.2, 0.25) is 0 Å². The highest BCUT2D eigenvalue weighted by Crippen LogP contribution is 2.02. The summed E-state index contributed by atoms with van der Waals surface area (Å²) in [6, 6.07) is 9.21. The van der Waals surface area contributed by atoms with E-state index in [1.54, 1.807) is 12.1 Å². The summed E-state index contributed by atoms with van der Waals surface area (Å²) in [4.78, 5) is 11.6. The lowest BCUT2D eigenvalue weighted by Gasteiger charge is -1.92. The maximum atomic E-state index is 11.6. The SMILES string of the molecule is CCCCCCC#CC(=O)c1ccccc1. The first-order chi connectivity index (χ1) is 7.84. The molecule has 0 N–H and O–H groups in total.